The fourth-order valence-electron chi connectivity index (χ4n) is 3.17. The van der Waals surface area contributed by atoms with Gasteiger partial charge in [-0.2, -0.15) is 9.90 Å². The quantitative estimate of drug-likeness (QED) is 0.141. The topological polar surface area (TPSA) is 26.3 Å². The highest BCUT2D eigenvalue weighted by Gasteiger charge is 2.16. The number of rotatable bonds is 18. The molecule has 0 fully saturated rings. The van der Waals surface area contributed by atoms with E-state index in [1.54, 1.807) is 0 Å². The van der Waals surface area contributed by atoms with Crippen LogP contribution in [0.4, 0.5) is 0 Å². The van der Waals surface area contributed by atoms with E-state index in [4.69, 9.17) is 4.74 Å². The van der Waals surface area contributed by atoms with Crippen molar-refractivity contribution in [3.05, 3.63) is 0 Å². The van der Waals surface area contributed by atoms with Crippen molar-refractivity contribution in [3.63, 3.8) is 0 Å². The fourth-order valence-corrected chi connectivity index (χ4v) is 3.17. The van der Waals surface area contributed by atoms with E-state index in [2.05, 4.69) is 20.8 Å². The van der Waals surface area contributed by atoms with E-state index in [9.17, 15) is 4.79 Å². The van der Waals surface area contributed by atoms with Crippen LogP contribution in [0.3, 0.4) is 0 Å². The van der Waals surface area contributed by atoms with Crippen molar-refractivity contribution >= 4 is 15.9 Å². The number of ether oxygens (including phenoxy) is 1. The second-order valence-corrected chi connectivity index (χ2v) is 7.30. The zero-order chi connectivity index (χ0) is 17.9. The maximum atomic E-state index is 12.0. The Morgan fingerprint density at radius 1 is 0.680 bits per heavy atom. The normalized spacial score (nSPS) is 11.8. The van der Waals surface area contributed by atoms with E-state index >= 15 is 0 Å². The lowest BCUT2D eigenvalue weighted by atomic mass is 10.00. The first-order valence-electron chi connectivity index (χ1n) is 10.9. The first kappa shape index (κ1) is 27.1. The smallest absolute Gasteiger partial charge is 0.308 e. The van der Waals surface area contributed by atoms with Crippen LogP contribution in [0.2, 0.25) is 0 Å². The summed E-state index contributed by atoms with van der Waals surface area (Å²) in [5.74, 6) is 0.163. The van der Waals surface area contributed by atoms with Crippen molar-refractivity contribution in [1.29, 1.82) is 0 Å². The number of carbonyl (C=O) groups excluding carboxylic acids is 1. The first-order chi connectivity index (χ1) is 11.8. The number of carbonyl (C=O) groups is 1. The molecule has 3 heteroatoms. The molecule has 0 aromatic carbocycles. The van der Waals surface area contributed by atoms with Crippen LogP contribution in [0.15, 0.2) is 0 Å². The van der Waals surface area contributed by atoms with E-state index in [0.29, 0.717) is 6.61 Å². The summed E-state index contributed by atoms with van der Waals surface area (Å²) in [5, 5.41) is 0. The van der Waals surface area contributed by atoms with Crippen molar-refractivity contribution in [3.8, 4) is 0 Å². The third-order valence-corrected chi connectivity index (χ3v) is 4.97. The molecule has 25 heavy (non-hydrogen) atoms. The molecule has 0 N–H and O–H groups in total. The van der Waals surface area contributed by atoms with E-state index in [0.717, 1.165) is 32.1 Å². The summed E-state index contributed by atoms with van der Waals surface area (Å²) in [7, 11) is 0. The molecule has 2 nitrogen and oxygen atoms in total. The summed E-state index contributed by atoms with van der Waals surface area (Å²) in [6.45, 7) is 7.16. The highest BCUT2D eigenvalue weighted by molar-refractivity contribution is 6.92. The summed E-state index contributed by atoms with van der Waals surface area (Å²) in [5.41, 5.74) is 0. The lowest BCUT2D eigenvalue weighted by Gasteiger charge is -2.13. The molecule has 0 spiro atoms. The minimum atomic E-state index is 0. The molecule has 0 aromatic heterocycles. The zero-order valence-corrected chi connectivity index (χ0v) is 19.0. The van der Waals surface area contributed by atoms with Crippen molar-refractivity contribution in [1.82, 2.24) is 0 Å². The highest BCUT2D eigenvalue weighted by atomic mass is 31.0. The van der Waals surface area contributed by atoms with Crippen LogP contribution in [0.5, 0.6) is 0 Å². The standard InChI is InChI=1S/C22H44O2.H3P/c1-4-7-9-10-11-12-13-14-15-16-17-18-20-24-22(23)21(6-3)19-8-5-2;/h21H,4-20H2,1-3H3;1H3. The molecule has 0 saturated carbocycles. The SMILES string of the molecule is CCCCCCCCCCCCCCOC(=O)C(CC)CCCC.P. The van der Waals surface area contributed by atoms with Crippen molar-refractivity contribution in [2.24, 2.45) is 5.92 Å². The second kappa shape index (κ2) is 21.9. The molecule has 0 aliphatic heterocycles. The van der Waals surface area contributed by atoms with Crippen molar-refractivity contribution in [2.45, 2.75) is 124 Å². The largest absolute Gasteiger partial charge is 0.465 e. The molecule has 0 aliphatic rings. The average Bonchev–Trinajstić information content (AvgIpc) is 2.59. The van der Waals surface area contributed by atoms with Gasteiger partial charge in [0.15, 0.2) is 0 Å². The Balaban J connectivity index is 0. The van der Waals surface area contributed by atoms with Crippen molar-refractivity contribution in [2.75, 3.05) is 6.61 Å². The van der Waals surface area contributed by atoms with Gasteiger partial charge in [0.25, 0.3) is 0 Å². The summed E-state index contributed by atoms with van der Waals surface area (Å²) >= 11 is 0. The van der Waals surface area contributed by atoms with Gasteiger partial charge in [-0.05, 0) is 19.3 Å². The van der Waals surface area contributed by atoms with E-state index in [1.807, 2.05) is 0 Å². The average molecular weight is 375 g/mol. The molecule has 0 rings (SSSR count). The molecule has 0 radical (unpaired) electrons. The van der Waals surface area contributed by atoms with Crippen LogP contribution in [0.25, 0.3) is 0 Å². The van der Waals surface area contributed by atoms with Gasteiger partial charge in [0.05, 0.1) is 12.5 Å². The molecule has 152 valence electrons. The van der Waals surface area contributed by atoms with Gasteiger partial charge in [-0.1, -0.05) is 104 Å². The van der Waals surface area contributed by atoms with Gasteiger partial charge < -0.3 is 4.74 Å². The molecule has 0 saturated heterocycles. The molecule has 0 heterocycles. The van der Waals surface area contributed by atoms with Gasteiger partial charge in [-0.25, -0.2) is 0 Å². The third-order valence-electron chi connectivity index (χ3n) is 4.97. The molecule has 0 bridgehead atoms. The molecule has 0 amide bonds. The molecule has 2 atom stereocenters. The lowest BCUT2D eigenvalue weighted by molar-refractivity contribution is -0.149. The van der Waals surface area contributed by atoms with Crippen LogP contribution in [-0.4, -0.2) is 12.6 Å². The van der Waals surface area contributed by atoms with Crippen LogP contribution in [-0.2, 0) is 9.53 Å². The first-order valence-corrected chi connectivity index (χ1v) is 10.9. The van der Waals surface area contributed by atoms with Gasteiger partial charge >= 0.3 is 5.97 Å². The number of hydrogen-bond donors (Lipinski definition) is 0. The lowest BCUT2D eigenvalue weighted by Crippen LogP contribution is -2.17. The minimum absolute atomic E-state index is 0. The number of unbranched alkanes of at least 4 members (excludes halogenated alkanes) is 12. The Labute approximate surface area is 161 Å². The van der Waals surface area contributed by atoms with Crippen LogP contribution < -0.4 is 0 Å². The second-order valence-electron chi connectivity index (χ2n) is 7.30. The van der Waals surface area contributed by atoms with Crippen LogP contribution in [0.1, 0.15) is 124 Å². The van der Waals surface area contributed by atoms with E-state index in [-0.39, 0.29) is 21.8 Å². The molecule has 0 aromatic rings. The monoisotopic (exact) mass is 374 g/mol. The van der Waals surface area contributed by atoms with Gasteiger partial charge in [0.1, 0.15) is 0 Å². The number of esters is 1. The zero-order valence-electron chi connectivity index (χ0n) is 17.6. The molecule has 2 unspecified atom stereocenters. The van der Waals surface area contributed by atoms with Gasteiger partial charge in [0.2, 0.25) is 0 Å². The van der Waals surface area contributed by atoms with Gasteiger partial charge in [0, 0.05) is 0 Å². The van der Waals surface area contributed by atoms with E-state index < -0.39 is 0 Å². The predicted octanol–water partition coefficient (Wildman–Crippen LogP) is 7.51. The number of hydrogen-bond acceptors (Lipinski definition) is 2. The van der Waals surface area contributed by atoms with Crippen LogP contribution in [0, 0.1) is 5.92 Å². The molecular weight excluding hydrogens is 327 g/mol. The summed E-state index contributed by atoms with van der Waals surface area (Å²) < 4.78 is 5.45. The maximum Gasteiger partial charge on any atom is 0.308 e. The summed E-state index contributed by atoms with van der Waals surface area (Å²) in [4.78, 5) is 12.0. The molecule has 0 aliphatic carbocycles. The van der Waals surface area contributed by atoms with E-state index in [1.165, 1.54) is 70.6 Å². The highest BCUT2D eigenvalue weighted by Crippen LogP contribution is 2.15. The van der Waals surface area contributed by atoms with Gasteiger partial charge in [-0.3, -0.25) is 4.79 Å². The minimum Gasteiger partial charge on any atom is -0.465 e. The Morgan fingerprint density at radius 2 is 1.12 bits per heavy atom. The Hall–Kier alpha value is -0.100. The summed E-state index contributed by atoms with van der Waals surface area (Å²) in [6.07, 6.45) is 20.3. The van der Waals surface area contributed by atoms with Crippen molar-refractivity contribution < 1.29 is 9.53 Å². The van der Waals surface area contributed by atoms with Crippen LogP contribution >= 0.6 is 9.90 Å². The maximum absolute atomic E-state index is 12.0. The fraction of sp³-hybridized carbons (Fsp3) is 0.955. The summed E-state index contributed by atoms with van der Waals surface area (Å²) in [6, 6.07) is 0. The van der Waals surface area contributed by atoms with Gasteiger partial charge in [-0.15, -0.1) is 0 Å². The predicted molar refractivity (Wildman–Crippen MR) is 116 cm³/mol. The Bertz CT molecular complexity index is 269. The molecular formula is C22H47O2P. The Morgan fingerprint density at radius 3 is 1.56 bits per heavy atom. The Kier molecular flexibility index (Phi) is 23.8. The third kappa shape index (κ3) is 18.5.